The third-order valence-electron chi connectivity index (χ3n) is 3.23. The lowest BCUT2D eigenvalue weighted by atomic mass is 10.1. The molecule has 0 aromatic carbocycles. The molecule has 1 aliphatic heterocycles. The van der Waals surface area contributed by atoms with Crippen LogP contribution in [0.15, 0.2) is 10.6 Å². The first-order chi connectivity index (χ1) is 8.49. The van der Waals surface area contributed by atoms with E-state index in [0.29, 0.717) is 18.0 Å². The van der Waals surface area contributed by atoms with E-state index in [1.165, 1.54) is 4.31 Å². The second kappa shape index (κ2) is 5.38. The van der Waals surface area contributed by atoms with Gasteiger partial charge in [-0.25, -0.2) is 12.7 Å². The molecule has 0 bridgehead atoms. The van der Waals surface area contributed by atoms with Gasteiger partial charge in [-0.15, -0.1) is 0 Å². The van der Waals surface area contributed by atoms with E-state index in [2.05, 4.69) is 10.5 Å². The number of aryl methyl sites for hydroxylation is 1. The smallest absolute Gasteiger partial charge is 0.220 e. The highest BCUT2D eigenvalue weighted by atomic mass is 32.2. The highest BCUT2D eigenvalue weighted by Gasteiger charge is 2.28. The van der Waals surface area contributed by atoms with Crippen LogP contribution in [0.4, 0.5) is 0 Å². The molecule has 1 atom stereocenters. The molecule has 1 aromatic rings. The first-order valence-corrected chi connectivity index (χ1v) is 7.68. The molecule has 0 saturated carbocycles. The average Bonchev–Trinajstić information content (AvgIpc) is 2.74. The molecule has 102 valence electrons. The molecule has 1 unspecified atom stereocenters. The fourth-order valence-electron chi connectivity index (χ4n) is 2.15. The summed E-state index contributed by atoms with van der Waals surface area (Å²) in [6, 6.07) is 1.70. The van der Waals surface area contributed by atoms with Crippen molar-refractivity contribution in [2.24, 2.45) is 0 Å². The Balaban J connectivity index is 2.05. The lowest BCUT2D eigenvalue weighted by Crippen LogP contribution is -2.46. The molecule has 1 fully saturated rings. The topological polar surface area (TPSA) is 75.4 Å². The third kappa shape index (κ3) is 3.09. The minimum Gasteiger partial charge on any atom is -0.361 e. The zero-order chi connectivity index (χ0) is 13.2. The van der Waals surface area contributed by atoms with E-state index in [1.807, 2.05) is 0 Å². The summed E-state index contributed by atoms with van der Waals surface area (Å²) in [6.07, 6.45) is 1.91. The maximum absolute atomic E-state index is 12.2. The molecule has 7 heteroatoms. The average molecular weight is 273 g/mol. The minimum atomic E-state index is -3.33. The maximum atomic E-state index is 12.2. The highest BCUT2D eigenvalue weighted by Crippen LogP contribution is 2.16. The normalized spacial score (nSPS) is 21.4. The van der Waals surface area contributed by atoms with Gasteiger partial charge in [-0.2, -0.15) is 0 Å². The largest absolute Gasteiger partial charge is 0.361 e. The number of sulfonamides is 1. The summed E-state index contributed by atoms with van der Waals surface area (Å²) in [7, 11) is -1.69. The molecular weight excluding hydrogens is 254 g/mol. The van der Waals surface area contributed by atoms with Crippen LogP contribution in [0, 0.1) is 6.92 Å². The molecule has 6 nitrogen and oxygen atoms in total. The predicted molar refractivity (Wildman–Crippen MR) is 67.5 cm³/mol. The number of aromatic nitrogens is 1. The van der Waals surface area contributed by atoms with Gasteiger partial charge >= 0.3 is 0 Å². The van der Waals surface area contributed by atoms with E-state index in [4.69, 9.17) is 4.52 Å². The van der Waals surface area contributed by atoms with Gasteiger partial charge in [0.25, 0.3) is 0 Å². The Morgan fingerprint density at radius 1 is 1.61 bits per heavy atom. The van der Waals surface area contributed by atoms with Crippen molar-refractivity contribution >= 4 is 10.0 Å². The van der Waals surface area contributed by atoms with Crippen molar-refractivity contribution in [1.82, 2.24) is 14.8 Å². The second-order valence-corrected chi connectivity index (χ2v) is 6.73. The Bertz CT molecular complexity index is 491. The lowest BCUT2D eigenvalue weighted by molar-refractivity contribution is 0.299. The van der Waals surface area contributed by atoms with Crippen molar-refractivity contribution in [3.05, 3.63) is 17.5 Å². The van der Waals surface area contributed by atoms with Gasteiger partial charge in [0.2, 0.25) is 10.0 Å². The summed E-state index contributed by atoms with van der Waals surface area (Å²) in [5, 5.41) is 6.95. The van der Waals surface area contributed by atoms with Crippen LogP contribution in [-0.2, 0) is 15.8 Å². The van der Waals surface area contributed by atoms with E-state index in [0.717, 1.165) is 19.4 Å². The molecule has 0 aliphatic carbocycles. The predicted octanol–water partition coefficient (Wildman–Crippen LogP) is 0.497. The number of nitrogens with one attached hydrogen (secondary N) is 1. The monoisotopic (exact) mass is 273 g/mol. The van der Waals surface area contributed by atoms with Crippen LogP contribution in [0.5, 0.6) is 0 Å². The van der Waals surface area contributed by atoms with Crippen LogP contribution >= 0.6 is 0 Å². The van der Waals surface area contributed by atoms with E-state index >= 15 is 0 Å². The van der Waals surface area contributed by atoms with Crippen molar-refractivity contribution in [1.29, 1.82) is 0 Å². The Labute approximate surface area is 107 Å². The van der Waals surface area contributed by atoms with Gasteiger partial charge in [-0.05, 0) is 26.3 Å². The minimum absolute atomic E-state index is 0.0387. The number of hydrogen-bond donors (Lipinski definition) is 1. The zero-order valence-electron chi connectivity index (χ0n) is 10.7. The van der Waals surface area contributed by atoms with Crippen LogP contribution in [-0.4, -0.2) is 44.1 Å². The van der Waals surface area contributed by atoms with Crippen molar-refractivity contribution in [2.45, 2.75) is 31.6 Å². The summed E-state index contributed by atoms with van der Waals surface area (Å²) < 4.78 is 30.8. The summed E-state index contributed by atoms with van der Waals surface area (Å²) >= 11 is 0. The van der Waals surface area contributed by atoms with Crippen molar-refractivity contribution < 1.29 is 12.9 Å². The molecular formula is C11H19N3O3S. The molecule has 0 spiro atoms. The summed E-state index contributed by atoms with van der Waals surface area (Å²) in [5.74, 6) is 0.527. The Morgan fingerprint density at radius 2 is 2.39 bits per heavy atom. The summed E-state index contributed by atoms with van der Waals surface area (Å²) in [5.41, 5.74) is 0.461. The zero-order valence-corrected chi connectivity index (χ0v) is 11.5. The van der Waals surface area contributed by atoms with E-state index in [-0.39, 0.29) is 11.8 Å². The molecule has 2 rings (SSSR count). The van der Waals surface area contributed by atoms with Gasteiger partial charge in [-0.3, -0.25) is 0 Å². The van der Waals surface area contributed by atoms with Crippen molar-refractivity contribution in [2.75, 3.05) is 20.1 Å². The van der Waals surface area contributed by atoms with Crippen LogP contribution in [0.3, 0.4) is 0 Å². The fraction of sp³-hybridized carbons (Fsp3) is 0.727. The molecule has 1 saturated heterocycles. The van der Waals surface area contributed by atoms with Gasteiger partial charge in [0.05, 0.1) is 0 Å². The van der Waals surface area contributed by atoms with Crippen LogP contribution in [0.25, 0.3) is 0 Å². The molecule has 1 aromatic heterocycles. The first kappa shape index (κ1) is 13.5. The maximum Gasteiger partial charge on any atom is 0.220 e. The van der Waals surface area contributed by atoms with Crippen LogP contribution in [0.1, 0.15) is 24.3 Å². The fourth-order valence-corrected chi connectivity index (χ4v) is 3.49. The standard InChI is InChI=1S/C11H19N3O3S/c1-9-6-10(13-17-9)8-18(15,16)14(2)11-4-3-5-12-7-11/h6,11-12H,3-5,7-8H2,1-2H3. The molecule has 1 aliphatic rings. The SMILES string of the molecule is Cc1cc(CS(=O)(=O)N(C)C2CCCNC2)no1. The molecule has 2 heterocycles. The molecule has 18 heavy (non-hydrogen) atoms. The summed E-state index contributed by atoms with van der Waals surface area (Å²) in [4.78, 5) is 0. The molecule has 0 amide bonds. The second-order valence-electron chi connectivity index (χ2n) is 4.70. The van der Waals surface area contributed by atoms with Crippen LogP contribution < -0.4 is 5.32 Å². The highest BCUT2D eigenvalue weighted by molar-refractivity contribution is 7.88. The van der Waals surface area contributed by atoms with Crippen molar-refractivity contribution in [3.8, 4) is 0 Å². The first-order valence-electron chi connectivity index (χ1n) is 6.07. The van der Waals surface area contributed by atoms with Gasteiger partial charge in [0.15, 0.2) is 0 Å². The number of hydrogen-bond acceptors (Lipinski definition) is 5. The van der Waals surface area contributed by atoms with Gasteiger partial charge in [0, 0.05) is 25.7 Å². The van der Waals surface area contributed by atoms with E-state index in [1.54, 1.807) is 20.0 Å². The van der Waals surface area contributed by atoms with Gasteiger partial charge in [0.1, 0.15) is 17.2 Å². The number of nitrogens with zero attached hydrogens (tertiary/aromatic N) is 2. The van der Waals surface area contributed by atoms with Gasteiger partial charge in [-0.1, -0.05) is 5.16 Å². The lowest BCUT2D eigenvalue weighted by Gasteiger charge is -2.30. The summed E-state index contributed by atoms with van der Waals surface area (Å²) in [6.45, 7) is 3.43. The number of likely N-dealkylation sites (N-methyl/N-ethyl adjacent to an activating group) is 1. The van der Waals surface area contributed by atoms with Crippen LogP contribution in [0.2, 0.25) is 0 Å². The number of rotatable bonds is 4. The third-order valence-corrected chi connectivity index (χ3v) is 5.07. The molecule has 0 radical (unpaired) electrons. The number of piperidine rings is 1. The van der Waals surface area contributed by atoms with Gasteiger partial charge < -0.3 is 9.84 Å². The quantitative estimate of drug-likeness (QED) is 0.864. The molecule has 1 N–H and O–H groups in total. The van der Waals surface area contributed by atoms with E-state index < -0.39 is 10.0 Å². The van der Waals surface area contributed by atoms with E-state index in [9.17, 15) is 8.42 Å². The Morgan fingerprint density at radius 3 is 2.94 bits per heavy atom. The Kier molecular flexibility index (Phi) is 4.04. The Hall–Kier alpha value is -0.920. The van der Waals surface area contributed by atoms with Crippen molar-refractivity contribution in [3.63, 3.8) is 0 Å².